The van der Waals surface area contributed by atoms with Crippen molar-refractivity contribution < 1.29 is 48.4 Å². The van der Waals surface area contributed by atoms with Crippen molar-refractivity contribution in [1.29, 1.82) is 0 Å². The Morgan fingerprint density at radius 2 is 1.45 bits per heavy atom. The SMILES string of the molecule is CC(C)CC(CC(=O)NO)C(=O)NCC(=O)N[C@@H](Cc1ccccc1)C(=O)NCC(=O)NCC(=O)N[C@@H](CCCCNC(=O)CCCC[C@@H]1SC[C@@H]2NC(=O)N[C@@H]21)C(N)=O. The molecule has 60 heavy (non-hydrogen) atoms. The van der Waals surface area contributed by atoms with Gasteiger partial charge in [-0.3, -0.25) is 43.6 Å². The molecule has 2 heterocycles. The highest BCUT2D eigenvalue weighted by Crippen LogP contribution is 2.33. The lowest BCUT2D eigenvalue weighted by Crippen LogP contribution is -2.53. The van der Waals surface area contributed by atoms with E-state index in [0.717, 1.165) is 25.0 Å². The van der Waals surface area contributed by atoms with Gasteiger partial charge in [0.2, 0.25) is 47.3 Å². The molecule has 332 valence electrons. The Hall–Kier alpha value is -5.44. The van der Waals surface area contributed by atoms with E-state index in [0.29, 0.717) is 43.0 Å². The average Bonchev–Trinajstić information content (AvgIpc) is 3.77. The normalized spacial score (nSPS) is 18.1. The molecule has 0 bridgehead atoms. The van der Waals surface area contributed by atoms with Crippen molar-refractivity contribution in [3.8, 4) is 0 Å². The molecule has 1 aromatic rings. The fraction of sp³-hybridized carbons (Fsp3) is 0.615. The number of primary amides is 1. The highest BCUT2D eigenvalue weighted by Gasteiger charge is 2.42. The smallest absolute Gasteiger partial charge is 0.315 e. The van der Waals surface area contributed by atoms with Crippen LogP contribution in [0.3, 0.4) is 0 Å². The van der Waals surface area contributed by atoms with Crippen LogP contribution in [0.15, 0.2) is 30.3 Å². The van der Waals surface area contributed by atoms with Crippen LogP contribution in [-0.2, 0) is 44.8 Å². The summed E-state index contributed by atoms with van der Waals surface area (Å²) < 4.78 is 0. The molecule has 2 aliphatic heterocycles. The van der Waals surface area contributed by atoms with E-state index in [2.05, 4.69) is 42.5 Å². The Bertz CT molecular complexity index is 1650. The lowest BCUT2D eigenvalue weighted by molar-refractivity contribution is -0.136. The summed E-state index contributed by atoms with van der Waals surface area (Å²) in [7, 11) is 0. The van der Waals surface area contributed by atoms with Crippen molar-refractivity contribution in [2.24, 2.45) is 17.6 Å². The number of fused-ring (bicyclic) bond motifs is 1. The van der Waals surface area contributed by atoms with Crippen molar-refractivity contribution in [2.45, 2.75) is 107 Å². The number of benzene rings is 1. The number of urea groups is 1. The molecular formula is C39H60N10O10S. The van der Waals surface area contributed by atoms with Crippen molar-refractivity contribution >= 4 is 65.1 Å². The van der Waals surface area contributed by atoms with Crippen LogP contribution in [0.2, 0.25) is 0 Å². The van der Waals surface area contributed by atoms with Gasteiger partial charge in [-0.05, 0) is 50.0 Å². The summed E-state index contributed by atoms with van der Waals surface area (Å²) in [5.74, 6) is -4.87. The molecule has 0 aliphatic carbocycles. The average molecular weight is 861 g/mol. The van der Waals surface area contributed by atoms with Crippen LogP contribution in [-0.4, -0.2) is 120 Å². The second kappa shape index (κ2) is 25.9. The summed E-state index contributed by atoms with van der Waals surface area (Å²) in [4.78, 5) is 111. The summed E-state index contributed by atoms with van der Waals surface area (Å²) in [6, 6.07) is 6.79. The lowest BCUT2D eigenvalue weighted by Gasteiger charge is -2.20. The van der Waals surface area contributed by atoms with Gasteiger partial charge < -0.3 is 48.3 Å². The number of thioether (sulfide) groups is 1. The molecule has 3 rings (SSSR count). The fourth-order valence-electron chi connectivity index (χ4n) is 6.86. The van der Waals surface area contributed by atoms with Crippen molar-refractivity contribution in [1.82, 2.24) is 48.0 Å². The Morgan fingerprint density at radius 1 is 0.783 bits per heavy atom. The van der Waals surface area contributed by atoms with E-state index in [1.807, 2.05) is 25.6 Å². The Kier molecular flexibility index (Phi) is 21.1. The van der Waals surface area contributed by atoms with Crippen LogP contribution >= 0.6 is 11.8 Å². The van der Waals surface area contributed by atoms with Crippen LogP contribution < -0.4 is 53.7 Å². The summed E-state index contributed by atoms with van der Waals surface area (Å²) >= 11 is 1.84. The molecule has 6 atom stereocenters. The van der Waals surface area contributed by atoms with Gasteiger partial charge in [0.25, 0.3) is 0 Å². The maximum absolute atomic E-state index is 13.2. The first-order valence-corrected chi connectivity index (χ1v) is 21.3. The van der Waals surface area contributed by atoms with E-state index in [9.17, 15) is 43.2 Å². The number of hydroxylamine groups is 1. The molecule has 0 spiro atoms. The number of unbranched alkanes of at least 4 members (excludes halogenated alkanes) is 2. The third kappa shape index (κ3) is 18.2. The third-order valence-electron chi connectivity index (χ3n) is 9.91. The zero-order valence-corrected chi connectivity index (χ0v) is 35.0. The predicted octanol–water partition coefficient (Wildman–Crippen LogP) is -1.40. The third-order valence-corrected chi connectivity index (χ3v) is 11.4. The molecule has 2 fully saturated rings. The molecule has 0 radical (unpaired) electrons. The van der Waals surface area contributed by atoms with Gasteiger partial charge in [0.05, 0.1) is 31.7 Å². The van der Waals surface area contributed by atoms with E-state index in [1.165, 1.54) is 5.48 Å². The van der Waals surface area contributed by atoms with Crippen LogP contribution in [0.5, 0.6) is 0 Å². The summed E-state index contributed by atoms with van der Waals surface area (Å²) in [6.45, 7) is 2.54. The standard InChI is InChI=1S/C39H60N10O10S/c1-23(2)16-25(18-31(51)49-59)37(56)43-21-34(54)46-27(17-24-10-4-3-5-11-24)38(57)44-19-32(52)42-20-33(53)45-26(36(40)55)12-8-9-15-41-30(50)14-7-6-13-29-35-28(22-60-29)47-39(58)48-35/h3-5,10-11,23,25-29,35,59H,6-9,12-22H2,1-2H3,(H2,40,55)(H,41,50)(H,42,52)(H,43,56)(H,44,57)(H,45,53)(H,46,54)(H,49,51)(H2,47,48,58)/t25?,26-,27-,28-,29-,35-/m0/s1. The van der Waals surface area contributed by atoms with Crippen molar-refractivity contribution in [2.75, 3.05) is 31.9 Å². The number of carbonyl (C=O) groups excluding carboxylic acids is 9. The number of hydrogen-bond donors (Lipinski definition) is 11. The van der Waals surface area contributed by atoms with Crippen LogP contribution in [0.25, 0.3) is 0 Å². The second-order valence-corrected chi connectivity index (χ2v) is 16.6. The highest BCUT2D eigenvalue weighted by atomic mass is 32.2. The molecule has 21 heteroatoms. The minimum absolute atomic E-state index is 0.0439. The minimum Gasteiger partial charge on any atom is -0.368 e. The monoisotopic (exact) mass is 860 g/mol. The summed E-state index contributed by atoms with van der Waals surface area (Å²) in [5.41, 5.74) is 7.67. The molecule has 2 aliphatic rings. The number of nitrogens with one attached hydrogen (secondary N) is 9. The van der Waals surface area contributed by atoms with Crippen LogP contribution in [0, 0.1) is 11.8 Å². The van der Waals surface area contributed by atoms with Gasteiger partial charge in [-0.1, -0.05) is 50.6 Å². The fourth-order valence-corrected chi connectivity index (χ4v) is 8.41. The first-order chi connectivity index (χ1) is 28.6. The molecule has 12 N–H and O–H groups in total. The van der Waals surface area contributed by atoms with Gasteiger partial charge in [0.15, 0.2) is 0 Å². The highest BCUT2D eigenvalue weighted by molar-refractivity contribution is 8.00. The van der Waals surface area contributed by atoms with Crippen molar-refractivity contribution in [3.05, 3.63) is 35.9 Å². The predicted molar refractivity (Wildman–Crippen MR) is 221 cm³/mol. The number of carbonyl (C=O) groups is 9. The van der Waals surface area contributed by atoms with Crippen molar-refractivity contribution in [3.63, 3.8) is 0 Å². The molecule has 0 saturated carbocycles. The van der Waals surface area contributed by atoms with E-state index >= 15 is 0 Å². The zero-order chi connectivity index (χ0) is 44.0. The largest absolute Gasteiger partial charge is 0.368 e. The molecule has 0 aromatic heterocycles. The maximum Gasteiger partial charge on any atom is 0.315 e. The topological polar surface area (TPSA) is 308 Å². The molecule has 10 amide bonds. The number of amides is 10. The molecule has 20 nitrogen and oxygen atoms in total. The molecule has 1 aromatic carbocycles. The van der Waals surface area contributed by atoms with Gasteiger partial charge in [-0.25, -0.2) is 10.3 Å². The Labute approximate surface area is 353 Å². The summed E-state index contributed by atoms with van der Waals surface area (Å²) in [5, 5.41) is 30.3. The summed E-state index contributed by atoms with van der Waals surface area (Å²) in [6.07, 6.45) is 4.22. The van der Waals surface area contributed by atoms with Crippen LogP contribution in [0.1, 0.15) is 77.2 Å². The minimum atomic E-state index is -1.15. The van der Waals surface area contributed by atoms with Gasteiger partial charge in [-0.2, -0.15) is 11.8 Å². The Morgan fingerprint density at radius 3 is 2.13 bits per heavy atom. The van der Waals surface area contributed by atoms with E-state index < -0.39 is 79.0 Å². The van der Waals surface area contributed by atoms with E-state index in [4.69, 9.17) is 10.9 Å². The van der Waals surface area contributed by atoms with E-state index in [1.54, 1.807) is 30.3 Å². The zero-order valence-electron chi connectivity index (χ0n) is 34.1. The number of nitrogens with two attached hydrogens (primary N) is 1. The van der Waals surface area contributed by atoms with Gasteiger partial charge >= 0.3 is 6.03 Å². The van der Waals surface area contributed by atoms with E-state index in [-0.39, 0.29) is 49.2 Å². The maximum atomic E-state index is 13.2. The number of hydrogen-bond acceptors (Lipinski definition) is 11. The first-order valence-electron chi connectivity index (χ1n) is 20.3. The van der Waals surface area contributed by atoms with Crippen LogP contribution in [0.4, 0.5) is 4.79 Å². The van der Waals surface area contributed by atoms with Gasteiger partial charge in [0.1, 0.15) is 12.1 Å². The molecule has 2 saturated heterocycles. The quantitative estimate of drug-likeness (QED) is 0.0212. The van der Waals surface area contributed by atoms with Gasteiger partial charge in [0, 0.05) is 42.7 Å². The number of rotatable bonds is 27. The molecule has 1 unspecified atom stereocenters. The second-order valence-electron chi connectivity index (χ2n) is 15.3. The van der Waals surface area contributed by atoms with Gasteiger partial charge in [-0.15, -0.1) is 0 Å². The Balaban J connectivity index is 1.34. The lowest BCUT2D eigenvalue weighted by atomic mass is 9.93. The first kappa shape index (κ1) is 48.9. The molecular weight excluding hydrogens is 801 g/mol.